The van der Waals surface area contributed by atoms with Gasteiger partial charge in [-0.1, -0.05) is 24.2 Å². The molecule has 0 amide bonds. The molecule has 0 fully saturated rings. The van der Waals surface area contributed by atoms with Gasteiger partial charge in [-0.3, -0.25) is 0 Å². The van der Waals surface area contributed by atoms with Crippen LogP contribution in [0, 0.1) is 0 Å². The number of aryl methyl sites for hydroxylation is 1. The lowest BCUT2D eigenvalue weighted by Crippen LogP contribution is -1.98. The normalized spacial score (nSPS) is 9.91. The van der Waals surface area contributed by atoms with Gasteiger partial charge in [0.15, 0.2) is 11.5 Å². The van der Waals surface area contributed by atoms with E-state index in [0.29, 0.717) is 22.9 Å². The second kappa shape index (κ2) is 7.42. The first-order valence-electron chi connectivity index (χ1n) is 7.17. The van der Waals surface area contributed by atoms with Crippen LogP contribution in [0.15, 0.2) is 35.4 Å². The summed E-state index contributed by atoms with van der Waals surface area (Å²) < 4.78 is 16.3. The van der Waals surface area contributed by atoms with E-state index in [2.05, 4.69) is 10.0 Å². The Balaban J connectivity index is 2.68. The SMILES string of the molecule is CCc1cc(N=[N+]=[N-])ccc1-c1ccc(OC)c(OC)c1OC. The molecule has 0 spiro atoms. The topological polar surface area (TPSA) is 76.5 Å². The monoisotopic (exact) mass is 313 g/mol. The Labute approximate surface area is 135 Å². The minimum absolute atomic E-state index is 0.550. The van der Waals surface area contributed by atoms with E-state index in [9.17, 15) is 0 Å². The van der Waals surface area contributed by atoms with Crippen LogP contribution in [0.2, 0.25) is 0 Å². The third-order valence-electron chi connectivity index (χ3n) is 3.62. The van der Waals surface area contributed by atoms with E-state index in [1.807, 2.05) is 31.2 Å². The van der Waals surface area contributed by atoms with Crippen molar-refractivity contribution in [3.8, 4) is 28.4 Å². The molecular formula is C17H19N3O3. The molecule has 2 rings (SSSR count). The average Bonchev–Trinajstić information content (AvgIpc) is 2.60. The Morgan fingerprint density at radius 3 is 2.22 bits per heavy atom. The first-order chi connectivity index (χ1) is 11.2. The van der Waals surface area contributed by atoms with Gasteiger partial charge in [0.1, 0.15) is 0 Å². The fourth-order valence-corrected chi connectivity index (χ4v) is 2.56. The Bertz CT molecular complexity index is 753. The van der Waals surface area contributed by atoms with Gasteiger partial charge in [0.2, 0.25) is 5.75 Å². The van der Waals surface area contributed by atoms with E-state index in [4.69, 9.17) is 19.7 Å². The number of azide groups is 1. The van der Waals surface area contributed by atoms with Gasteiger partial charge in [-0.05, 0) is 41.3 Å². The van der Waals surface area contributed by atoms with Crippen LogP contribution in [0.25, 0.3) is 21.6 Å². The van der Waals surface area contributed by atoms with Crippen LogP contribution in [0.4, 0.5) is 5.69 Å². The van der Waals surface area contributed by atoms with Crippen molar-refractivity contribution in [3.63, 3.8) is 0 Å². The quantitative estimate of drug-likeness (QED) is 0.433. The maximum Gasteiger partial charge on any atom is 0.203 e. The van der Waals surface area contributed by atoms with Crippen molar-refractivity contribution in [1.29, 1.82) is 0 Å². The Hall–Kier alpha value is -2.85. The van der Waals surface area contributed by atoms with Gasteiger partial charge in [-0.25, -0.2) is 0 Å². The van der Waals surface area contributed by atoms with Crippen LogP contribution in [0.1, 0.15) is 12.5 Å². The molecule has 0 saturated heterocycles. The van der Waals surface area contributed by atoms with Gasteiger partial charge in [0.25, 0.3) is 0 Å². The molecule has 2 aromatic rings. The smallest absolute Gasteiger partial charge is 0.203 e. The molecule has 0 atom stereocenters. The highest BCUT2D eigenvalue weighted by molar-refractivity contribution is 5.79. The molecule has 6 heteroatoms. The highest BCUT2D eigenvalue weighted by Crippen LogP contribution is 2.45. The molecule has 0 aliphatic rings. The zero-order chi connectivity index (χ0) is 16.8. The first kappa shape index (κ1) is 16.5. The molecule has 2 aromatic carbocycles. The summed E-state index contributed by atoms with van der Waals surface area (Å²) in [7, 11) is 4.76. The summed E-state index contributed by atoms with van der Waals surface area (Å²) in [5.74, 6) is 1.77. The molecule has 0 aliphatic heterocycles. The van der Waals surface area contributed by atoms with Crippen LogP contribution in [-0.4, -0.2) is 21.3 Å². The van der Waals surface area contributed by atoms with Crippen molar-refractivity contribution in [2.75, 3.05) is 21.3 Å². The predicted molar refractivity (Wildman–Crippen MR) is 89.7 cm³/mol. The number of hydrogen-bond acceptors (Lipinski definition) is 4. The molecule has 23 heavy (non-hydrogen) atoms. The predicted octanol–water partition coefficient (Wildman–Crippen LogP) is 4.88. The van der Waals surface area contributed by atoms with Gasteiger partial charge >= 0.3 is 0 Å². The second-order valence-electron chi connectivity index (χ2n) is 4.77. The van der Waals surface area contributed by atoms with Crippen LogP contribution in [-0.2, 0) is 6.42 Å². The first-order valence-corrected chi connectivity index (χ1v) is 7.17. The van der Waals surface area contributed by atoms with Crippen molar-refractivity contribution >= 4 is 5.69 Å². The second-order valence-corrected chi connectivity index (χ2v) is 4.77. The minimum Gasteiger partial charge on any atom is -0.493 e. The molecule has 0 aromatic heterocycles. The Kier molecular flexibility index (Phi) is 5.33. The number of methoxy groups -OCH3 is 3. The van der Waals surface area contributed by atoms with Gasteiger partial charge in [-0.15, -0.1) is 0 Å². The Morgan fingerprint density at radius 1 is 0.957 bits per heavy atom. The summed E-state index contributed by atoms with van der Waals surface area (Å²) in [6, 6.07) is 9.36. The van der Waals surface area contributed by atoms with Gasteiger partial charge in [-0.2, -0.15) is 0 Å². The van der Waals surface area contributed by atoms with E-state index in [-0.39, 0.29) is 0 Å². The van der Waals surface area contributed by atoms with Crippen molar-refractivity contribution in [1.82, 2.24) is 0 Å². The molecule has 0 bridgehead atoms. The summed E-state index contributed by atoms with van der Waals surface area (Å²) in [6.45, 7) is 2.05. The van der Waals surface area contributed by atoms with Crippen molar-refractivity contribution in [3.05, 3.63) is 46.3 Å². The summed E-state index contributed by atoms with van der Waals surface area (Å²) in [5, 5.41) is 3.66. The molecule has 0 N–H and O–H groups in total. The van der Waals surface area contributed by atoms with Crippen LogP contribution in [0.5, 0.6) is 17.2 Å². The van der Waals surface area contributed by atoms with Gasteiger partial charge in [0, 0.05) is 16.2 Å². The largest absolute Gasteiger partial charge is 0.493 e. The summed E-state index contributed by atoms with van der Waals surface area (Å²) in [5.41, 5.74) is 12.1. The zero-order valence-electron chi connectivity index (χ0n) is 13.7. The summed E-state index contributed by atoms with van der Waals surface area (Å²) >= 11 is 0. The highest BCUT2D eigenvalue weighted by Gasteiger charge is 2.18. The number of hydrogen-bond donors (Lipinski definition) is 0. The molecular weight excluding hydrogens is 294 g/mol. The number of rotatable bonds is 6. The van der Waals surface area contributed by atoms with Crippen molar-refractivity contribution < 1.29 is 14.2 Å². The number of benzene rings is 2. The maximum absolute atomic E-state index is 8.59. The lowest BCUT2D eigenvalue weighted by atomic mass is 9.96. The van der Waals surface area contributed by atoms with Crippen molar-refractivity contribution in [2.24, 2.45) is 5.11 Å². The average molecular weight is 313 g/mol. The van der Waals surface area contributed by atoms with E-state index in [0.717, 1.165) is 23.1 Å². The summed E-state index contributed by atoms with van der Waals surface area (Å²) in [4.78, 5) is 2.83. The fourth-order valence-electron chi connectivity index (χ4n) is 2.56. The molecule has 0 aliphatic carbocycles. The minimum atomic E-state index is 0.550. The van der Waals surface area contributed by atoms with E-state index in [1.165, 1.54) is 0 Å². The molecule has 0 unspecified atom stereocenters. The van der Waals surface area contributed by atoms with Crippen molar-refractivity contribution in [2.45, 2.75) is 13.3 Å². The van der Waals surface area contributed by atoms with Gasteiger partial charge in [0.05, 0.1) is 21.3 Å². The molecule has 0 saturated carbocycles. The van der Waals surface area contributed by atoms with Crippen LogP contribution >= 0.6 is 0 Å². The third kappa shape index (κ3) is 3.17. The van der Waals surface area contributed by atoms with E-state index in [1.54, 1.807) is 27.4 Å². The molecule has 0 heterocycles. The molecule has 120 valence electrons. The lowest BCUT2D eigenvalue weighted by molar-refractivity contribution is 0.325. The standard InChI is InChI=1S/C17H19N3O3/c1-5-11-10-12(19-20-18)6-7-13(11)14-8-9-15(21-2)17(23-4)16(14)22-3/h6-10H,5H2,1-4H3. The molecule has 0 radical (unpaired) electrons. The fraction of sp³-hybridized carbons (Fsp3) is 0.294. The lowest BCUT2D eigenvalue weighted by Gasteiger charge is -2.17. The van der Waals surface area contributed by atoms with E-state index >= 15 is 0 Å². The van der Waals surface area contributed by atoms with Crippen LogP contribution in [0.3, 0.4) is 0 Å². The Morgan fingerprint density at radius 2 is 1.65 bits per heavy atom. The molecule has 6 nitrogen and oxygen atoms in total. The highest BCUT2D eigenvalue weighted by atomic mass is 16.5. The third-order valence-corrected chi connectivity index (χ3v) is 3.62. The maximum atomic E-state index is 8.59. The van der Waals surface area contributed by atoms with E-state index < -0.39 is 0 Å². The van der Waals surface area contributed by atoms with Gasteiger partial charge < -0.3 is 14.2 Å². The summed E-state index contributed by atoms with van der Waals surface area (Å²) in [6.07, 6.45) is 0.793. The number of ether oxygens (including phenoxy) is 3. The van der Waals surface area contributed by atoms with Crippen LogP contribution < -0.4 is 14.2 Å². The zero-order valence-corrected chi connectivity index (χ0v) is 13.7. The number of nitrogens with zero attached hydrogens (tertiary/aromatic N) is 3.